The molecular formula is C20H23N3. The maximum absolute atomic E-state index is 9.59. The average Bonchev–Trinajstić information content (AvgIpc) is 2.92. The fraction of sp³-hybridized carbons (Fsp3) is 0.450. The third-order valence-corrected chi connectivity index (χ3v) is 5.57. The zero-order chi connectivity index (χ0) is 15.7. The molecular weight excluding hydrogens is 282 g/mol. The molecule has 1 fully saturated rings. The Labute approximate surface area is 137 Å². The summed E-state index contributed by atoms with van der Waals surface area (Å²) in [5, 5.41) is 9.59. The normalized spacial score (nSPS) is 25.0. The van der Waals surface area contributed by atoms with Crippen molar-refractivity contribution in [2.75, 3.05) is 13.1 Å². The summed E-state index contributed by atoms with van der Waals surface area (Å²) in [7, 11) is 0. The summed E-state index contributed by atoms with van der Waals surface area (Å²) in [6.07, 6.45) is 15.3. The van der Waals surface area contributed by atoms with E-state index in [1.165, 1.54) is 44.2 Å². The van der Waals surface area contributed by atoms with E-state index in [4.69, 9.17) is 0 Å². The van der Waals surface area contributed by atoms with E-state index in [2.05, 4.69) is 33.7 Å². The highest BCUT2D eigenvalue weighted by Crippen LogP contribution is 2.41. The monoisotopic (exact) mass is 305 g/mol. The third kappa shape index (κ3) is 2.68. The van der Waals surface area contributed by atoms with Gasteiger partial charge in [-0.3, -0.25) is 4.90 Å². The molecule has 1 spiro atoms. The Morgan fingerprint density at radius 3 is 3.00 bits per heavy atom. The van der Waals surface area contributed by atoms with Gasteiger partial charge >= 0.3 is 0 Å². The van der Waals surface area contributed by atoms with Crippen molar-refractivity contribution in [1.82, 2.24) is 9.30 Å². The number of fused-ring (bicyclic) bond motifs is 1. The van der Waals surface area contributed by atoms with Crippen molar-refractivity contribution in [2.24, 2.45) is 5.41 Å². The first-order chi connectivity index (χ1) is 11.3. The van der Waals surface area contributed by atoms with E-state index in [1.807, 2.05) is 24.4 Å². The van der Waals surface area contributed by atoms with Gasteiger partial charge in [-0.25, -0.2) is 0 Å². The molecule has 23 heavy (non-hydrogen) atoms. The third-order valence-electron chi connectivity index (χ3n) is 5.57. The average molecular weight is 305 g/mol. The SMILES string of the molecule is N#Cc1c(CN2CCCC3(CC=CCC3)C2)cn2ccccc12. The molecule has 0 radical (unpaired) electrons. The fourth-order valence-corrected chi connectivity index (χ4v) is 4.43. The number of aromatic nitrogens is 1. The lowest BCUT2D eigenvalue weighted by Crippen LogP contribution is -2.43. The van der Waals surface area contributed by atoms with E-state index in [9.17, 15) is 5.26 Å². The number of rotatable bonds is 2. The quantitative estimate of drug-likeness (QED) is 0.781. The Morgan fingerprint density at radius 2 is 2.17 bits per heavy atom. The van der Waals surface area contributed by atoms with E-state index >= 15 is 0 Å². The lowest BCUT2D eigenvalue weighted by Gasteiger charge is -2.44. The predicted molar refractivity (Wildman–Crippen MR) is 92.0 cm³/mol. The molecule has 2 aliphatic rings. The van der Waals surface area contributed by atoms with Gasteiger partial charge in [0, 0.05) is 31.0 Å². The predicted octanol–water partition coefficient (Wildman–Crippen LogP) is 4.13. The minimum atomic E-state index is 0.485. The van der Waals surface area contributed by atoms with Crippen LogP contribution < -0.4 is 0 Å². The molecule has 2 aromatic rings. The summed E-state index contributed by atoms with van der Waals surface area (Å²) in [6, 6.07) is 8.47. The van der Waals surface area contributed by atoms with Crippen molar-refractivity contribution >= 4 is 5.52 Å². The van der Waals surface area contributed by atoms with Gasteiger partial charge in [-0.05, 0) is 56.2 Å². The first-order valence-corrected chi connectivity index (χ1v) is 8.66. The molecule has 0 bridgehead atoms. The number of pyridine rings is 1. The molecule has 3 nitrogen and oxygen atoms in total. The molecule has 0 aromatic carbocycles. The molecule has 0 saturated carbocycles. The lowest BCUT2D eigenvalue weighted by molar-refractivity contribution is 0.0740. The highest BCUT2D eigenvalue weighted by molar-refractivity contribution is 5.65. The molecule has 1 saturated heterocycles. The van der Waals surface area contributed by atoms with E-state index in [1.54, 1.807) is 0 Å². The number of nitrogens with zero attached hydrogens (tertiary/aromatic N) is 3. The zero-order valence-electron chi connectivity index (χ0n) is 13.5. The van der Waals surface area contributed by atoms with Crippen LogP contribution in [0.25, 0.3) is 5.52 Å². The van der Waals surface area contributed by atoms with E-state index in [0.717, 1.165) is 24.2 Å². The Balaban J connectivity index is 1.58. The first kappa shape index (κ1) is 14.5. The van der Waals surface area contributed by atoms with Crippen molar-refractivity contribution in [3.63, 3.8) is 0 Å². The van der Waals surface area contributed by atoms with Gasteiger partial charge < -0.3 is 4.40 Å². The molecule has 4 rings (SSSR count). The number of allylic oxidation sites excluding steroid dienone is 2. The van der Waals surface area contributed by atoms with Gasteiger partial charge in [0.05, 0.1) is 11.1 Å². The number of piperidine rings is 1. The molecule has 118 valence electrons. The van der Waals surface area contributed by atoms with Crippen LogP contribution in [0.1, 0.15) is 43.2 Å². The van der Waals surface area contributed by atoms with Crippen LogP contribution in [0, 0.1) is 16.7 Å². The van der Waals surface area contributed by atoms with Gasteiger partial charge in [0.2, 0.25) is 0 Å². The summed E-state index contributed by atoms with van der Waals surface area (Å²) in [6.45, 7) is 3.23. The maximum Gasteiger partial charge on any atom is 0.102 e. The van der Waals surface area contributed by atoms with Gasteiger partial charge in [0.25, 0.3) is 0 Å². The Bertz CT molecular complexity index is 780. The molecule has 1 unspecified atom stereocenters. The van der Waals surface area contributed by atoms with Crippen molar-refractivity contribution in [3.8, 4) is 6.07 Å². The number of hydrogen-bond acceptors (Lipinski definition) is 2. The zero-order valence-corrected chi connectivity index (χ0v) is 13.5. The van der Waals surface area contributed by atoms with E-state index in [-0.39, 0.29) is 0 Å². The second kappa shape index (κ2) is 5.86. The lowest BCUT2D eigenvalue weighted by atomic mass is 9.71. The van der Waals surface area contributed by atoms with Gasteiger partial charge in [-0.1, -0.05) is 18.2 Å². The first-order valence-electron chi connectivity index (χ1n) is 8.66. The van der Waals surface area contributed by atoms with Crippen LogP contribution in [0.5, 0.6) is 0 Å². The molecule has 3 heteroatoms. The smallest absolute Gasteiger partial charge is 0.102 e. The summed E-state index contributed by atoms with van der Waals surface area (Å²) in [5.41, 5.74) is 3.52. The Morgan fingerprint density at radius 1 is 1.22 bits per heavy atom. The van der Waals surface area contributed by atoms with Crippen molar-refractivity contribution in [1.29, 1.82) is 5.26 Å². The van der Waals surface area contributed by atoms with Gasteiger partial charge in [0.15, 0.2) is 0 Å². The standard InChI is InChI=1S/C20H23N3/c21-13-18-17(15-23-12-5-2-7-19(18)23)14-22-11-6-10-20(16-22)8-3-1-4-9-20/h1-3,5,7,12,15H,4,6,8-11,14,16H2. The van der Waals surface area contributed by atoms with Crippen LogP contribution in [0.4, 0.5) is 0 Å². The highest BCUT2D eigenvalue weighted by atomic mass is 15.1. The van der Waals surface area contributed by atoms with Crippen LogP contribution in [-0.4, -0.2) is 22.4 Å². The molecule has 2 aromatic heterocycles. The number of hydrogen-bond donors (Lipinski definition) is 0. The number of likely N-dealkylation sites (tertiary alicyclic amines) is 1. The van der Waals surface area contributed by atoms with Crippen LogP contribution >= 0.6 is 0 Å². The topological polar surface area (TPSA) is 31.4 Å². The maximum atomic E-state index is 9.59. The van der Waals surface area contributed by atoms with E-state index < -0.39 is 0 Å². The summed E-state index contributed by atoms with van der Waals surface area (Å²) >= 11 is 0. The van der Waals surface area contributed by atoms with Crippen LogP contribution in [0.15, 0.2) is 42.7 Å². The van der Waals surface area contributed by atoms with Gasteiger partial charge in [-0.2, -0.15) is 5.26 Å². The molecule has 0 amide bonds. The van der Waals surface area contributed by atoms with Crippen molar-refractivity contribution in [3.05, 3.63) is 53.9 Å². The number of nitriles is 1. The molecule has 0 N–H and O–H groups in total. The second-order valence-electron chi connectivity index (χ2n) is 7.16. The summed E-state index contributed by atoms with van der Waals surface area (Å²) in [4.78, 5) is 2.57. The largest absolute Gasteiger partial charge is 0.322 e. The van der Waals surface area contributed by atoms with Gasteiger partial charge in [0.1, 0.15) is 6.07 Å². The second-order valence-corrected chi connectivity index (χ2v) is 7.16. The Hall–Kier alpha value is -2.05. The van der Waals surface area contributed by atoms with Crippen molar-refractivity contribution < 1.29 is 0 Å². The van der Waals surface area contributed by atoms with Crippen LogP contribution in [0.2, 0.25) is 0 Å². The highest BCUT2D eigenvalue weighted by Gasteiger charge is 2.35. The minimum absolute atomic E-state index is 0.485. The van der Waals surface area contributed by atoms with Crippen LogP contribution in [0.3, 0.4) is 0 Å². The molecule has 1 aliphatic heterocycles. The van der Waals surface area contributed by atoms with Crippen LogP contribution in [-0.2, 0) is 6.54 Å². The fourth-order valence-electron chi connectivity index (χ4n) is 4.43. The Kier molecular flexibility index (Phi) is 3.71. The van der Waals surface area contributed by atoms with Gasteiger partial charge in [-0.15, -0.1) is 0 Å². The molecule has 1 aliphatic carbocycles. The van der Waals surface area contributed by atoms with Crippen molar-refractivity contribution in [2.45, 2.75) is 38.6 Å². The van der Waals surface area contributed by atoms with E-state index in [0.29, 0.717) is 5.41 Å². The molecule has 3 heterocycles. The molecule has 1 atom stereocenters. The summed E-state index contributed by atoms with van der Waals surface area (Å²) < 4.78 is 2.08. The minimum Gasteiger partial charge on any atom is -0.322 e. The summed E-state index contributed by atoms with van der Waals surface area (Å²) in [5.74, 6) is 0.